The van der Waals surface area contributed by atoms with Gasteiger partial charge in [0.25, 0.3) is 0 Å². The van der Waals surface area contributed by atoms with Gasteiger partial charge >= 0.3 is 133 Å². The van der Waals surface area contributed by atoms with Gasteiger partial charge in [0.05, 0.1) is 177 Å². The number of rotatable bonds is 16. The summed E-state index contributed by atoms with van der Waals surface area (Å²) in [6.45, 7) is 31.5. The van der Waals surface area contributed by atoms with E-state index in [1.165, 1.54) is 0 Å². The maximum absolute atomic E-state index is 6.42. The first kappa shape index (κ1) is 109. The first-order valence-electron chi connectivity index (χ1n) is 36.9. The molecule has 0 spiro atoms. The van der Waals surface area contributed by atoms with Gasteiger partial charge in [-0.3, -0.25) is 0 Å². The van der Waals surface area contributed by atoms with E-state index in [0.717, 1.165) is 181 Å². The molecule has 0 saturated carbocycles. The van der Waals surface area contributed by atoms with E-state index in [9.17, 15) is 0 Å². The van der Waals surface area contributed by atoms with Gasteiger partial charge in [0.15, 0.2) is 0 Å². The Morgan fingerprint density at radius 1 is 0.202 bits per heavy atom. The zero-order valence-corrected chi connectivity index (χ0v) is 86.1. The van der Waals surface area contributed by atoms with E-state index in [4.69, 9.17) is 209 Å². The predicted molar refractivity (Wildman–Crippen MR) is 528 cm³/mol. The van der Waals surface area contributed by atoms with Crippen molar-refractivity contribution in [2.75, 3.05) is 0 Å². The molecule has 0 amide bonds. The molecule has 0 radical (unpaired) electrons. The molecule has 656 valence electrons. The molecular weight excluding hydrogens is 2060 g/mol. The third-order valence-electron chi connectivity index (χ3n) is 17.3. The topological polar surface area (TPSA) is 150 Å². The third kappa shape index (κ3) is 36.4. The first-order chi connectivity index (χ1) is 59.0. The second-order valence-corrected chi connectivity index (χ2v) is 37.4. The molecule has 4 aromatic heterocycles. The molecule has 0 saturated heterocycles. The molecule has 0 bridgehead atoms. The number of aryl methyl sites for hydroxylation is 8. The van der Waals surface area contributed by atoms with Gasteiger partial charge in [0, 0.05) is 0 Å². The van der Waals surface area contributed by atoms with Gasteiger partial charge in [0.1, 0.15) is 0 Å². The molecule has 0 N–H and O–H groups in total. The second kappa shape index (κ2) is 57.5. The molecule has 32 heteroatoms. The normalized spacial score (nSPS) is 11.9. The van der Waals surface area contributed by atoms with Gasteiger partial charge in [-0.05, 0) is 277 Å². The summed E-state index contributed by atoms with van der Waals surface area (Å²) in [5.41, 5.74) is 27.1. The van der Waals surface area contributed by atoms with Gasteiger partial charge in [-0.25, -0.2) is 59.9 Å². The van der Waals surface area contributed by atoms with Crippen LogP contribution in [0, 0.1) is 55.4 Å². The van der Waals surface area contributed by atoms with Crippen LogP contribution in [0.25, 0.3) is 0 Å². The van der Waals surface area contributed by atoms with Crippen LogP contribution in [0.1, 0.15) is 145 Å². The summed E-state index contributed by atoms with van der Waals surface area (Å²) in [4.78, 5) is 56.3. The fraction of sp³-hybridized carbons (Fsp3) is 0.174. The van der Waals surface area contributed by atoms with Crippen molar-refractivity contribution in [1.29, 1.82) is 0 Å². The number of nitrogens with zero attached hydrogens (tertiary/aromatic N) is 12. The minimum atomic E-state index is 0.194. The standard InChI is InChI=1S/C25H25Cl2N3.2C23H21Cl2N3.C21H17Cl2N3.8ClH.4Fe/c1-14-10-16(3)24(20(26)12-14)28-18(5)22-8-7-9-23(30-22)19(6)29-25-17(4)11-15(2)13-21(25)27;1-14-8-5-10-18(24)22(14)26-16(3)20-12-7-13-21(28-20)17(4)27-23-15(2)9-6-11-19(23)25;1-14-8-10-22(18(24)12-14)26-16(3)20-6-5-7-21(28-20)17(4)27-23-11-9-15(2)13-19(23)25;1-14(24-20-10-5-3-8-16(20)22)18-12-7-13-19(26-18)15(2)25-21-11-6-4-9-17(21)23;;;;;;;;;;;;/h7-13H,1-6H3;2*5-13H,1-4H3;3-13H,1-2H3;8*1H;;;;/q;;;;;;;;;;;;4*+2/p-8. The van der Waals surface area contributed by atoms with Crippen molar-refractivity contribution in [3.05, 3.63) is 349 Å². The fourth-order valence-electron chi connectivity index (χ4n) is 11.3. The Bertz CT molecular complexity index is 5440. The fourth-order valence-corrected chi connectivity index (χ4v) is 13.5. The third-order valence-corrected chi connectivity index (χ3v) is 19.7. The van der Waals surface area contributed by atoms with Gasteiger partial charge in [-0.1, -0.05) is 190 Å². The van der Waals surface area contributed by atoms with Gasteiger partial charge in [-0.2, -0.15) is 0 Å². The minimum absolute atomic E-state index is 0.194. The summed E-state index contributed by atoms with van der Waals surface area (Å²) >= 11 is 51.2. The number of hydrogen-bond donors (Lipinski definition) is 0. The Kier molecular flexibility index (Phi) is 50.5. The van der Waals surface area contributed by atoms with Crippen LogP contribution in [0.5, 0.6) is 0 Å². The summed E-state index contributed by atoms with van der Waals surface area (Å²) in [5.74, 6) is 0. The molecule has 124 heavy (non-hydrogen) atoms. The summed E-state index contributed by atoms with van der Waals surface area (Å²) in [5, 5.41) is 5.02. The average Bonchev–Trinajstić information content (AvgIpc) is 0.823. The Morgan fingerprint density at radius 3 is 0.629 bits per heavy atom. The van der Waals surface area contributed by atoms with Crippen LogP contribution in [-0.4, -0.2) is 65.6 Å². The number of pyridine rings is 4. The molecule has 12 aromatic rings. The second-order valence-electron chi connectivity index (χ2n) is 26.9. The average molecular weight is 2150 g/mol. The number of benzene rings is 8. The summed E-state index contributed by atoms with van der Waals surface area (Å²) in [6, 6.07) is 69.3. The van der Waals surface area contributed by atoms with Gasteiger partial charge < -0.3 is 0 Å². The van der Waals surface area contributed by atoms with Crippen LogP contribution >= 0.6 is 174 Å². The number of halogens is 16. The van der Waals surface area contributed by atoms with Crippen LogP contribution < -0.4 is 0 Å². The van der Waals surface area contributed by atoms with Gasteiger partial charge in [0.2, 0.25) is 0 Å². The van der Waals surface area contributed by atoms with Crippen molar-refractivity contribution in [1.82, 2.24) is 19.9 Å². The van der Waals surface area contributed by atoms with Crippen molar-refractivity contribution >= 4 is 265 Å². The van der Waals surface area contributed by atoms with Crippen molar-refractivity contribution in [2.45, 2.75) is 111 Å². The van der Waals surface area contributed by atoms with Crippen molar-refractivity contribution in [3.8, 4) is 0 Å². The molecule has 12 nitrogen and oxygen atoms in total. The molecule has 0 aliphatic heterocycles. The van der Waals surface area contributed by atoms with Crippen molar-refractivity contribution in [3.63, 3.8) is 0 Å². The van der Waals surface area contributed by atoms with E-state index in [0.29, 0.717) is 40.2 Å². The summed E-state index contributed by atoms with van der Waals surface area (Å²) in [6.07, 6.45) is 0. The van der Waals surface area contributed by atoms with E-state index in [1.807, 2.05) is 317 Å². The SMILES string of the molecule is CC(=Nc1c(C)cc(C)cc1Cl)c1cccc(C(C)=Nc2c(C)cc(C)cc2Cl)n1.CC(=Nc1c(C)cccc1Cl)c1cccc(C(C)=Nc2c(C)cccc2Cl)n1.CC(=Nc1ccc(C)cc1Cl)c1cccc(C(C)=Nc2ccc(C)cc2Cl)n1.CC(=Nc1ccccc1Cl)c1cccc(C(C)=Nc2ccccc2Cl)n1.[Cl][Fe][Cl].[Cl][Fe][Cl].[Cl][Fe][Cl].[Cl][Fe][Cl]. The summed E-state index contributed by atoms with van der Waals surface area (Å²) in [7, 11) is 38.1. The first-order valence-corrected chi connectivity index (χ1v) is 52.0. The number of para-hydroxylation sites is 4. The molecule has 0 fully saturated rings. The quantitative estimate of drug-likeness (QED) is 0.0699. The van der Waals surface area contributed by atoms with Crippen LogP contribution in [0.2, 0.25) is 40.2 Å². The molecular formula is C92H84Cl16Fe4N12. The molecule has 4 heterocycles. The van der Waals surface area contributed by atoms with E-state index < -0.39 is 0 Å². The molecule has 0 aliphatic rings. The predicted octanol–water partition coefficient (Wildman–Crippen LogP) is 34.7. The maximum atomic E-state index is 6.42. The number of aliphatic imine (C=N–C) groups is 8. The van der Waals surface area contributed by atoms with E-state index in [1.54, 1.807) is 0 Å². The Morgan fingerprint density at radius 2 is 0.403 bits per heavy atom. The Hall–Kier alpha value is -5.56. The molecule has 0 atom stereocenters. The van der Waals surface area contributed by atoms with E-state index >= 15 is 0 Å². The summed E-state index contributed by atoms with van der Waals surface area (Å²) < 4.78 is 0. The van der Waals surface area contributed by atoms with Crippen LogP contribution in [0.15, 0.2) is 258 Å². The molecule has 0 aliphatic carbocycles. The number of aromatic nitrogens is 4. The monoisotopic (exact) mass is 2140 g/mol. The zero-order chi connectivity index (χ0) is 91.9. The molecule has 8 aromatic carbocycles. The van der Waals surface area contributed by atoms with Crippen molar-refractivity contribution in [2.24, 2.45) is 39.9 Å². The van der Waals surface area contributed by atoms with Crippen LogP contribution in [-0.2, 0) is 52.5 Å². The molecule has 0 unspecified atom stereocenters. The Balaban J connectivity index is 0.000000281. The molecule has 12 rings (SSSR count). The van der Waals surface area contributed by atoms with Crippen molar-refractivity contribution < 1.29 is 52.5 Å². The Labute approximate surface area is 827 Å². The number of hydrogen-bond acceptors (Lipinski definition) is 12. The van der Waals surface area contributed by atoms with E-state index in [2.05, 4.69) is 37.1 Å². The van der Waals surface area contributed by atoms with Crippen LogP contribution in [0.3, 0.4) is 0 Å². The van der Waals surface area contributed by atoms with E-state index in [-0.39, 0.29) is 52.5 Å². The van der Waals surface area contributed by atoms with Crippen LogP contribution in [0.4, 0.5) is 45.5 Å². The zero-order valence-electron chi connectivity index (χ0n) is 69.6. The van der Waals surface area contributed by atoms with Gasteiger partial charge in [-0.15, -0.1) is 0 Å².